The van der Waals surface area contributed by atoms with E-state index >= 15 is 0 Å². The quantitative estimate of drug-likeness (QED) is 0.190. The number of anilines is 3. The molecule has 0 atom stereocenters. The standard InChI is InChI=1S/C46H41NO/c1-30-21-26-37-43(27-30)48-42-20-12-19-41(45(37)42)47(34-24-22-32(23-25-34)31-13-6-4-7-14-31)35-28-38(33-15-8-5-9-16-33)44-36-17-10-11-18-39(36)46(2,3)40(44)29-35/h5,8-12,15-29,31H,4,6-7,13-14H2,1-3H3. The molecule has 2 nitrogen and oxygen atoms in total. The summed E-state index contributed by atoms with van der Waals surface area (Å²) in [5, 5.41) is 2.29. The summed E-state index contributed by atoms with van der Waals surface area (Å²) in [6, 6.07) is 47.4. The van der Waals surface area contributed by atoms with Gasteiger partial charge >= 0.3 is 0 Å². The third kappa shape index (κ3) is 4.61. The Hall–Kier alpha value is -5.08. The average molecular weight is 624 g/mol. The van der Waals surface area contributed by atoms with Gasteiger partial charge in [-0.05, 0) is 113 Å². The number of nitrogens with zero attached hydrogens (tertiary/aromatic N) is 1. The zero-order chi connectivity index (χ0) is 32.4. The molecule has 7 aromatic rings. The number of furan rings is 1. The number of aryl methyl sites for hydroxylation is 1. The van der Waals surface area contributed by atoms with Gasteiger partial charge in [0.1, 0.15) is 11.2 Å². The van der Waals surface area contributed by atoms with Crippen molar-refractivity contribution >= 4 is 39.0 Å². The van der Waals surface area contributed by atoms with Crippen molar-refractivity contribution in [1.82, 2.24) is 0 Å². The molecule has 1 heterocycles. The summed E-state index contributed by atoms with van der Waals surface area (Å²) in [4.78, 5) is 2.48. The largest absolute Gasteiger partial charge is 0.456 e. The highest BCUT2D eigenvalue weighted by atomic mass is 16.3. The van der Waals surface area contributed by atoms with E-state index in [0.717, 1.165) is 39.0 Å². The van der Waals surface area contributed by atoms with Crippen molar-refractivity contribution in [3.05, 3.63) is 150 Å². The fourth-order valence-corrected chi connectivity index (χ4v) is 8.64. The lowest BCUT2D eigenvalue weighted by atomic mass is 9.81. The third-order valence-electron chi connectivity index (χ3n) is 11.1. The normalized spacial score (nSPS) is 15.5. The summed E-state index contributed by atoms with van der Waals surface area (Å²) in [5.74, 6) is 0.662. The maximum Gasteiger partial charge on any atom is 0.137 e. The van der Waals surface area contributed by atoms with Gasteiger partial charge in [-0.25, -0.2) is 0 Å². The van der Waals surface area contributed by atoms with E-state index in [1.807, 2.05) is 0 Å². The Labute approximate surface area is 283 Å². The lowest BCUT2D eigenvalue weighted by Crippen LogP contribution is -2.17. The van der Waals surface area contributed by atoms with E-state index in [2.05, 4.69) is 153 Å². The second-order valence-electron chi connectivity index (χ2n) is 14.5. The summed E-state index contributed by atoms with van der Waals surface area (Å²) in [7, 11) is 0. The predicted molar refractivity (Wildman–Crippen MR) is 202 cm³/mol. The molecule has 0 spiro atoms. The van der Waals surface area contributed by atoms with Crippen LogP contribution in [-0.4, -0.2) is 0 Å². The highest BCUT2D eigenvalue weighted by Crippen LogP contribution is 2.55. The van der Waals surface area contributed by atoms with Crippen LogP contribution in [0.25, 0.3) is 44.2 Å². The fourth-order valence-electron chi connectivity index (χ4n) is 8.64. The molecule has 0 N–H and O–H groups in total. The van der Waals surface area contributed by atoms with Crippen molar-refractivity contribution in [2.75, 3.05) is 4.90 Å². The van der Waals surface area contributed by atoms with Gasteiger partial charge < -0.3 is 9.32 Å². The summed E-state index contributed by atoms with van der Waals surface area (Å²) < 4.78 is 6.51. The van der Waals surface area contributed by atoms with Crippen LogP contribution < -0.4 is 4.90 Å². The van der Waals surface area contributed by atoms with Gasteiger partial charge in [-0.15, -0.1) is 0 Å². The van der Waals surface area contributed by atoms with Gasteiger partial charge in [0.2, 0.25) is 0 Å². The van der Waals surface area contributed by atoms with Crippen molar-refractivity contribution in [1.29, 1.82) is 0 Å². The van der Waals surface area contributed by atoms with E-state index in [-0.39, 0.29) is 5.41 Å². The van der Waals surface area contributed by atoms with Crippen LogP contribution in [0.4, 0.5) is 17.1 Å². The molecule has 0 bridgehead atoms. The van der Waals surface area contributed by atoms with E-state index in [1.165, 1.54) is 76.6 Å². The van der Waals surface area contributed by atoms with Crippen LogP contribution in [0.3, 0.4) is 0 Å². The van der Waals surface area contributed by atoms with E-state index in [0.29, 0.717) is 5.92 Å². The maximum atomic E-state index is 6.51. The smallest absolute Gasteiger partial charge is 0.137 e. The maximum absolute atomic E-state index is 6.51. The summed E-state index contributed by atoms with van der Waals surface area (Å²) >= 11 is 0. The van der Waals surface area contributed by atoms with Crippen LogP contribution in [0.15, 0.2) is 132 Å². The van der Waals surface area contributed by atoms with Crippen LogP contribution in [0.5, 0.6) is 0 Å². The molecule has 9 rings (SSSR count). The Balaban J connectivity index is 1.32. The molecule has 2 aliphatic rings. The van der Waals surface area contributed by atoms with Gasteiger partial charge in [0.25, 0.3) is 0 Å². The Morgan fingerprint density at radius 2 is 1.40 bits per heavy atom. The topological polar surface area (TPSA) is 16.4 Å². The van der Waals surface area contributed by atoms with Gasteiger partial charge in [-0.1, -0.05) is 118 Å². The molecule has 0 unspecified atom stereocenters. The van der Waals surface area contributed by atoms with E-state index < -0.39 is 0 Å². The van der Waals surface area contributed by atoms with Crippen molar-refractivity contribution in [2.24, 2.45) is 0 Å². The molecule has 2 aliphatic carbocycles. The molecular formula is C46H41NO. The van der Waals surface area contributed by atoms with Crippen LogP contribution in [0.1, 0.15) is 74.1 Å². The second-order valence-corrected chi connectivity index (χ2v) is 14.5. The lowest BCUT2D eigenvalue weighted by molar-refractivity contribution is 0.443. The van der Waals surface area contributed by atoms with Gasteiger partial charge in [0.05, 0.1) is 11.1 Å². The van der Waals surface area contributed by atoms with Crippen molar-refractivity contribution in [3.63, 3.8) is 0 Å². The minimum absolute atomic E-state index is 0.145. The Kier molecular flexibility index (Phi) is 6.83. The first-order valence-corrected chi connectivity index (χ1v) is 17.6. The van der Waals surface area contributed by atoms with E-state index in [1.54, 1.807) is 0 Å². The number of hydrogen-bond donors (Lipinski definition) is 0. The molecule has 0 saturated heterocycles. The molecule has 1 fully saturated rings. The molecule has 48 heavy (non-hydrogen) atoms. The zero-order valence-corrected chi connectivity index (χ0v) is 28.1. The molecule has 1 saturated carbocycles. The Bertz CT molecular complexity index is 2300. The SMILES string of the molecule is Cc1ccc2c(c1)oc1cccc(N(c3ccc(C4CCCCC4)cc3)c3cc(-c4ccccc4)c4c(c3)C(C)(C)c3ccccc3-4)c12. The highest BCUT2D eigenvalue weighted by Gasteiger charge is 2.38. The minimum Gasteiger partial charge on any atom is -0.456 e. The second kappa shape index (κ2) is 11.3. The lowest BCUT2D eigenvalue weighted by Gasteiger charge is -2.30. The molecule has 0 amide bonds. The first kappa shape index (κ1) is 29.1. The molecule has 236 valence electrons. The van der Waals surface area contributed by atoms with Crippen molar-refractivity contribution in [3.8, 4) is 22.3 Å². The first-order valence-electron chi connectivity index (χ1n) is 17.6. The van der Waals surface area contributed by atoms with Gasteiger partial charge in [-0.3, -0.25) is 0 Å². The summed E-state index contributed by atoms with van der Waals surface area (Å²) in [6.07, 6.45) is 6.63. The molecule has 0 aliphatic heterocycles. The highest BCUT2D eigenvalue weighted by molar-refractivity contribution is 6.13. The number of benzene rings is 6. The molecule has 0 radical (unpaired) electrons. The van der Waals surface area contributed by atoms with Crippen LogP contribution in [0, 0.1) is 6.92 Å². The van der Waals surface area contributed by atoms with Gasteiger partial charge in [0.15, 0.2) is 0 Å². The van der Waals surface area contributed by atoms with Crippen LogP contribution >= 0.6 is 0 Å². The number of hydrogen-bond acceptors (Lipinski definition) is 2. The zero-order valence-electron chi connectivity index (χ0n) is 28.1. The Morgan fingerprint density at radius 3 is 2.21 bits per heavy atom. The van der Waals surface area contributed by atoms with Gasteiger partial charge in [0, 0.05) is 22.2 Å². The molecule has 1 aromatic heterocycles. The number of fused-ring (bicyclic) bond motifs is 6. The summed E-state index contributed by atoms with van der Waals surface area (Å²) in [6.45, 7) is 6.89. The minimum atomic E-state index is -0.145. The summed E-state index contributed by atoms with van der Waals surface area (Å²) in [5.41, 5.74) is 15.8. The van der Waals surface area contributed by atoms with Crippen LogP contribution in [0.2, 0.25) is 0 Å². The Morgan fingerprint density at radius 1 is 0.625 bits per heavy atom. The van der Waals surface area contributed by atoms with E-state index in [9.17, 15) is 0 Å². The fraction of sp³-hybridized carbons (Fsp3) is 0.217. The van der Waals surface area contributed by atoms with Crippen molar-refractivity contribution < 1.29 is 4.42 Å². The molecular weight excluding hydrogens is 583 g/mol. The monoisotopic (exact) mass is 623 g/mol. The number of rotatable bonds is 5. The first-order chi connectivity index (χ1) is 23.5. The molecule has 2 heteroatoms. The van der Waals surface area contributed by atoms with Gasteiger partial charge in [-0.2, -0.15) is 0 Å². The third-order valence-corrected chi connectivity index (χ3v) is 11.1. The average Bonchev–Trinajstić information content (AvgIpc) is 3.61. The van der Waals surface area contributed by atoms with Crippen molar-refractivity contribution in [2.45, 2.75) is 64.2 Å². The molecule has 6 aromatic carbocycles. The predicted octanol–water partition coefficient (Wildman–Crippen LogP) is 13.4. The van der Waals surface area contributed by atoms with Crippen LogP contribution in [-0.2, 0) is 5.41 Å². The van der Waals surface area contributed by atoms with E-state index in [4.69, 9.17) is 4.42 Å².